The van der Waals surface area contributed by atoms with Crippen molar-refractivity contribution in [2.45, 2.75) is 0 Å². The summed E-state index contributed by atoms with van der Waals surface area (Å²) in [6, 6.07) is 88.9. The van der Waals surface area contributed by atoms with Crippen LogP contribution in [0.15, 0.2) is 253 Å². The number of fused-ring (bicyclic) bond motifs is 2. The number of rotatable bonds is 9. The average Bonchev–Trinajstić information content (AvgIpc) is 3.75. The molecule has 0 aliphatic heterocycles. The Morgan fingerprint density at radius 3 is 1.26 bits per heavy atom. The largest absolute Gasteiger partial charge is 0.455 e. The van der Waals surface area contributed by atoms with E-state index in [-0.39, 0.29) is 0 Å². The fourth-order valence-electron chi connectivity index (χ4n) is 8.69. The van der Waals surface area contributed by atoms with Gasteiger partial charge in [-0.25, -0.2) is 0 Å². The topological polar surface area (TPSA) is 16.4 Å². The predicted molar refractivity (Wildman–Crippen MR) is 261 cm³/mol. The second-order valence-corrected chi connectivity index (χ2v) is 15.7. The van der Waals surface area contributed by atoms with Gasteiger partial charge >= 0.3 is 0 Å². The third kappa shape index (κ3) is 7.14. The van der Waals surface area contributed by atoms with Crippen molar-refractivity contribution in [3.8, 4) is 67.0 Å². The van der Waals surface area contributed by atoms with E-state index in [2.05, 4.69) is 241 Å². The van der Waals surface area contributed by atoms with E-state index < -0.39 is 0 Å². The summed E-state index contributed by atoms with van der Waals surface area (Å²) in [6.07, 6.45) is 0. The Hall–Kier alpha value is -8.20. The van der Waals surface area contributed by atoms with Gasteiger partial charge in [0.05, 0.1) is 0 Å². The van der Waals surface area contributed by atoms with Gasteiger partial charge in [0, 0.05) is 33.6 Å². The van der Waals surface area contributed by atoms with Crippen molar-refractivity contribution in [3.63, 3.8) is 0 Å². The minimum atomic E-state index is 0.887. The SMILES string of the molecule is c1ccc(-c2ccc(N(c3ccc(-c4ccc(-c5cccc(-c6oc7ccccc7c6-c6ccccc6)c5)cc4)cc3)c3ccc(-c4ccc5ccccc5c4)cc3)cc2)cc1. The molecule has 11 rings (SSSR count). The highest BCUT2D eigenvalue weighted by molar-refractivity contribution is 6.02. The molecule has 0 amide bonds. The first-order valence-electron chi connectivity index (χ1n) is 21.2. The summed E-state index contributed by atoms with van der Waals surface area (Å²) >= 11 is 0. The van der Waals surface area contributed by atoms with Gasteiger partial charge in [-0.05, 0) is 115 Å². The van der Waals surface area contributed by atoms with Crippen LogP contribution in [0.4, 0.5) is 17.1 Å². The molecule has 11 aromatic rings. The van der Waals surface area contributed by atoms with Crippen molar-refractivity contribution in [1.82, 2.24) is 0 Å². The minimum absolute atomic E-state index is 0.887. The van der Waals surface area contributed by atoms with E-state index in [9.17, 15) is 0 Å². The third-order valence-corrected chi connectivity index (χ3v) is 11.9. The van der Waals surface area contributed by atoms with Crippen LogP contribution in [-0.4, -0.2) is 0 Å². The lowest BCUT2D eigenvalue weighted by Gasteiger charge is -2.26. The monoisotopic (exact) mass is 791 g/mol. The molecule has 0 bridgehead atoms. The normalized spacial score (nSPS) is 11.2. The van der Waals surface area contributed by atoms with Crippen LogP contribution in [0, 0.1) is 0 Å². The van der Waals surface area contributed by atoms with Gasteiger partial charge in [-0.1, -0.05) is 194 Å². The van der Waals surface area contributed by atoms with Crippen molar-refractivity contribution < 1.29 is 4.42 Å². The molecule has 1 heterocycles. The van der Waals surface area contributed by atoms with Crippen molar-refractivity contribution in [1.29, 1.82) is 0 Å². The number of anilines is 3. The van der Waals surface area contributed by atoms with Gasteiger partial charge in [-0.3, -0.25) is 0 Å². The van der Waals surface area contributed by atoms with Crippen LogP contribution in [0.5, 0.6) is 0 Å². The Balaban J connectivity index is 0.892. The Labute approximate surface area is 362 Å². The lowest BCUT2D eigenvalue weighted by molar-refractivity contribution is 0.632. The molecular weight excluding hydrogens is 751 g/mol. The molecule has 2 nitrogen and oxygen atoms in total. The quantitative estimate of drug-likeness (QED) is 0.145. The standard InChI is InChI=1S/C60H41NO/c1-3-12-42(13-4-1)45-28-34-54(35-29-45)61(56-38-32-48(33-39-56)52-27-26-43-14-7-8-17-50(43)40-52)55-36-30-46(31-37-55)44-22-24-47(25-23-44)51-18-11-19-53(41-51)60-59(49-15-5-2-6-16-49)57-20-9-10-21-58(57)62-60/h1-41H. The number of para-hydroxylation sites is 1. The summed E-state index contributed by atoms with van der Waals surface area (Å²) in [5.41, 5.74) is 16.9. The molecule has 292 valence electrons. The molecule has 0 unspecified atom stereocenters. The lowest BCUT2D eigenvalue weighted by Crippen LogP contribution is -2.09. The molecule has 0 saturated heterocycles. The Morgan fingerprint density at radius 1 is 0.258 bits per heavy atom. The van der Waals surface area contributed by atoms with E-state index in [1.165, 1.54) is 38.6 Å². The maximum Gasteiger partial charge on any atom is 0.143 e. The van der Waals surface area contributed by atoms with Crippen molar-refractivity contribution in [3.05, 3.63) is 249 Å². The molecule has 0 aliphatic rings. The van der Waals surface area contributed by atoms with Crippen LogP contribution in [0.25, 0.3) is 88.7 Å². The summed E-state index contributed by atoms with van der Waals surface area (Å²) in [5, 5.41) is 3.61. The van der Waals surface area contributed by atoms with Gasteiger partial charge in [0.25, 0.3) is 0 Å². The van der Waals surface area contributed by atoms with Crippen LogP contribution in [0.2, 0.25) is 0 Å². The minimum Gasteiger partial charge on any atom is -0.455 e. The van der Waals surface area contributed by atoms with Crippen LogP contribution in [0.3, 0.4) is 0 Å². The highest BCUT2D eigenvalue weighted by atomic mass is 16.3. The maximum atomic E-state index is 6.55. The number of hydrogen-bond donors (Lipinski definition) is 0. The van der Waals surface area contributed by atoms with Gasteiger partial charge in [0.2, 0.25) is 0 Å². The predicted octanol–water partition coefficient (Wildman–Crippen LogP) is 17.1. The van der Waals surface area contributed by atoms with E-state index >= 15 is 0 Å². The molecule has 0 fully saturated rings. The smallest absolute Gasteiger partial charge is 0.143 e. The van der Waals surface area contributed by atoms with E-state index in [0.29, 0.717) is 0 Å². The first-order chi connectivity index (χ1) is 30.7. The van der Waals surface area contributed by atoms with Crippen molar-refractivity contribution >= 4 is 38.8 Å². The highest BCUT2D eigenvalue weighted by Gasteiger charge is 2.18. The molecule has 10 aromatic carbocycles. The Kier molecular flexibility index (Phi) is 9.57. The lowest BCUT2D eigenvalue weighted by atomic mass is 9.95. The molecule has 0 aliphatic carbocycles. The van der Waals surface area contributed by atoms with Gasteiger partial charge < -0.3 is 9.32 Å². The number of furan rings is 1. The number of hydrogen-bond acceptors (Lipinski definition) is 2. The third-order valence-electron chi connectivity index (χ3n) is 11.9. The van der Waals surface area contributed by atoms with E-state index in [1.54, 1.807) is 0 Å². The Morgan fingerprint density at radius 2 is 0.661 bits per heavy atom. The van der Waals surface area contributed by atoms with Gasteiger partial charge in [0.1, 0.15) is 11.3 Å². The van der Waals surface area contributed by atoms with Gasteiger partial charge in [-0.15, -0.1) is 0 Å². The maximum absolute atomic E-state index is 6.55. The van der Waals surface area contributed by atoms with Crippen LogP contribution in [0.1, 0.15) is 0 Å². The van der Waals surface area contributed by atoms with Crippen LogP contribution in [-0.2, 0) is 0 Å². The van der Waals surface area contributed by atoms with Gasteiger partial charge in [0.15, 0.2) is 0 Å². The summed E-state index contributed by atoms with van der Waals surface area (Å²) in [7, 11) is 0. The Bertz CT molecular complexity index is 3290. The summed E-state index contributed by atoms with van der Waals surface area (Å²) in [4.78, 5) is 2.34. The highest BCUT2D eigenvalue weighted by Crippen LogP contribution is 2.42. The molecule has 0 N–H and O–H groups in total. The fourth-order valence-corrected chi connectivity index (χ4v) is 8.69. The van der Waals surface area contributed by atoms with Crippen molar-refractivity contribution in [2.24, 2.45) is 0 Å². The van der Waals surface area contributed by atoms with E-state index in [0.717, 1.165) is 67.2 Å². The molecule has 1 aromatic heterocycles. The zero-order valence-electron chi connectivity index (χ0n) is 34.0. The fraction of sp³-hybridized carbons (Fsp3) is 0. The molecular formula is C60H41NO. The van der Waals surface area contributed by atoms with Crippen molar-refractivity contribution in [2.75, 3.05) is 4.90 Å². The second kappa shape index (κ2) is 16.1. The molecule has 62 heavy (non-hydrogen) atoms. The van der Waals surface area contributed by atoms with E-state index in [1.807, 2.05) is 12.1 Å². The molecule has 0 atom stereocenters. The molecule has 2 heteroatoms. The number of nitrogens with zero attached hydrogens (tertiary/aromatic N) is 1. The summed E-state index contributed by atoms with van der Waals surface area (Å²) in [5.74, 6) is 0.887. The summed E-state index contributed by atoms with van der Waals surface area (Å²) < 4.78 is 6.55. The molecule has 0 spiro atoms. The van der Waals surface area contributed by atoms with Crippen LogP contribution < -0.4 is 4.90 Å². The van der Waals surface area contributed by atoms with E-state index in [4.69, 9.17) is 4.42 Å². The zero-order chi connectivity index (χ0) is 41.2. The molecule has 0 radical (unpaired) electrons. The number of benzene rings is 10. The second-order valence-electron chi connectivity index (χ2n) is 15.7. The molecule has 0 saturated carbocycles. The first kappa shape index (κ1) is 36.8. The first-order valence-corrected chi connectivity index (χ1v) is 21.2. The average molecular weight is 792 g/mol. The summed E-state index contributed by atoms with van der Waals surface area (Å²) in [6.45, 7) is 0. The van der Waals surface area contributed by atoms with Crippen LogP contribution >= 0.6 is 0 Å². The zero-order valence-corrected chi connectivity index (χ0v) is 34.0. The van der Waals surface area contributed by atoms with Gasteiger partial charge in [-0.2, -0.15) is 0 Å².